The van der Waals surface area contributed by atoms with Crippen LogP contribution >= 0.6 is 0 Å². The zero-order valence-corrected chi connectivity index (χ0v) is 19.6. The summed E-state index contributed by atoms with van der Waals surface area (Å²) in [5, 5.41) is 0. The molecule has 5 rings (SSSR count). The minimum atomic E-state index is -0.692. The first-order chi connectivity index (χ1) is 17.4. The van der Waals surface area contributed by atoms with Crippen molar-refractivity contribution in [2.45, 2.75) is 20.1 Å². The number of aryl methyl sites for hydroxylation is 1. The Balaban J connectivity index is 1.36. The van der Waals surface area contributed by atoms with Gasteiger partial charge in [0.1, 0.15) is 23.6 Å². The number of pyridine rings is 1. The van der Waals surface area contributed by atoms with Gasteiger partial charge in [0.05, 0.1) is 30.5 Å². The summed E-state index contributed by atoms with van der Waals surface area (Å²) in [5.41, 5.74) is 2.79. The molecule has 1 aliphatic rings. The number of fused-ring (bicyclic) bond motifs is 2. The summed E-state index contributed by atoms with van der Waals surface area (Å²) in [6, 6.07) is 16.3. The van der Waals surface area contributed by atoms with Gasteiger partial charge in [-0.3, -0.25) is 23.7 Å². The highest BCUT2D eigenvalue weighted by atomic mass is 16.5. The van der Waals surface area contributed by atoms with Gasteiger partial charge in [-0.1, -0.05) is 18.2 Å². The molecule has 0 unspecified atom stereocenters. The maximum absolute atomic E-state index is 12.9. The van der Waals surface area contributed by atoms with Crippen LogP contribution in [0, 0.1) is 6.92 Å². The Kier molecular flexibility index (Phi) is 5.81. The third kappa shape index (κ3) is 4.11. The third-order valence-corrected chi connectivity index (χ3v) is 5.93. The number of nitrogens with zero attached hydrogens (tertiary/aromatic N) is 3. The third-order valence-electron chi connectivity index (χ3n) is 5.93. The first-order valence-electron chi connectivity index (χ1n) is 11.1. The van der Waals surface area contributed by atoms with Crippen LogP contribution in [0.1, 0.15) is 47.9 Å². The standard InChI is InChI=1S/C27H21N3O6/c1-16-9-10-29-23(11-16)28-18(13-24(29)31)15-36-27(34)21-12-17(7-8-22(21)35-2)14-30-25(32)19-5-3-4-6-20(19)26(30)33/h3-13H,14-15H2,1-2H3. The molecule has 4 aromatic rings. The predicted octanol–water partition coefficient (Wildman–Crippen LogP) is 3.16. The number of carbonyl (C=O) groups is 3. The van der Waals surface area contributed by atoms with Gasteiger partial charge >= 0.3 is 5.97 Å². The average molecular weight is 483 g/mol. The van der Waals surface area contributed by atoms with Crippen LogP contribution in [0.4, 0.5) is 0 Å². The number of amides is 2. The molecule has 36 heavy (non-hydrogen) atoms. The van der Waals surface area contributed by atoms with Crippen molar-refractivity contribution in [1.29, 1.82) is 0 Å². The van der Waals surface area contributed by atoms with Crippen molar-refractivity contribution in [3.05, 3.63) is 111 Å². The summed E-state index contributed by atoms with van der Waals surface area (Å²) in [4.78, 5) is 56.3. The Morgan fingerprint density at radius 2 is 1.67 bits per heavy atom. The van der Waals surface area contributed by atoms with E-state index >= 15 is 0 Å². The van der Waals surface area contributed by atoms with Gasteiger partial charge in [0.25, 0.3) is 17.4 Å². The zero-order chi connectivity index (χ0) is 25.4. The molecule has 1 aliphatic heterocycles. The Morgan fingerprint density at radius 1 is 0.944 bits per heavy atom. The maximum Gasteiger partial charge on any atom is 0.342 e. The average Bonchev–Trinajstić information content (AvgIpc) is 3.12. The second-order valence-corrected chi connectivity index (χ2v) is 8.37. The van der Waals surface area contributed by atoms with Crippen LogP contribution in [0.15, 0.2) is 71.7 Å². The second-order valence-electron chi connectivity index (χ2n) is 8.37. The number of hydrogen-bond donors (Lipinski definition) is 0. The summed E-state index contributed by atoms with van der Waals surface area (Å²) >= 11 is 0. The maximum atomic E-state index is 12.9. The Bertz CT molecular complexity index is 1570. The van der Waals surface area contributed by atoms with E-state index in [0.29, 0.717) is 28.0 Å². The summed E-state index contributed by atoms with van der Waals surface area (Å²) in [6.45, 7) is 1.66. The molecule has 0 atom stereocenters. The minimum absolute atomic E-state index is 0.0149. The van der Waals surface area contributed by atoms with Crippen LogP contribution in [0.5, 0.6) is 5.75 Å². The molecule has 3 heterocycles. The van der Waals surface area contributed by atoms with Crippen molar-refractivity contribution in [3.8, 4) is 5.75 Å². The van der Waals surface area contributed by atoms with E-state index < -0.39 is 5.97 Å². The molecule has 2 aromatic carbocycles. The van der Waals surface area contributed by atoms with E-state index in [-0.39, 0.29) is 41.8 Å². The number of rotatable bonds is 6. The van der Waals surface area contributed by atoms with Crippen LogP contribution in [-0.2, 0) is 17.9 Å². The molecule has 0 N–H and O–H groups in total. The fraction of sp³-hybridized carbons (Fsp3) is 0.148. The lowest BCUT2D eigenvalue weighted by Crippen LogP contribution is -2.29. The fourth-order valence-corrected chi connectivity index (χ4v) is 4.12. The molecule has 2 amide bonds. The van der Waals surface area contributed by atoms with Crippen LogP contribution < -0.4 is 10.3 Å². The summed E-state index contributed by atoms with van der Waals surface area (Å²) in [6.07, 6.45) is 1.64. The number of esters is 1. The van der Waals surface area contributed by atoms with Crippen molar-refractivity contribution in [1.82, 2.24) is 14.3 Å². The number of hydrogen-bond acceptors (Lipinski definition) is 7. The molecule has 0 fully saturated rings. The quantitative estimate of drug-likeness (QED) is 0.306. The summed E-state index contributed by atoms with van der Waals surface area (Å²) < 4.78 is 12.1. The van der Waals surface area contributed by atoms with Gasteiger partial charge in [-0.2, -0.15) is 0 Å². The summed E-state index contributed by atoms with van der Waals surface area (Å²) in [5.74, 6) is -1.20. The van der Waals surface area contributed by atoms with Gasteiger partial charge in [0.2, 0.25) is 0 Å². The van der Waals surface area contributed by atoms with E-state index in [9.17, 15) is 19.2 Å². The summed E-state index contributed by atoms with van der Waals surface area (Å²) in [7, 11) is 1.42. The van der Waals surface area contributed by atoms with Gasteiger partial charge in [0, 0.05) is 12.3 Å². The number of carbonyl (C=O) groups excluding carboxylic acids is 3. The monoisotopic (exact) mass is 483 g/mol. The Morgan fingerprint density at radius 3 is 2.36 bits per heavy atom. The van der Waals surface area contributed by atoms with Crippen molar-refractivity contribution >= 4 is 23.4 Å². The van der Waals surface area contributed by atoms with Crippen LogP contribution in [0.25, 0.3) is 5.65 Å². The fourth-order valence-electron chi connectivity index (χ4n) is 4.12. The van der Waals surface area contributed by atoms with E-state index in [1.807, 2.05) is 6.92 Å². The van der Waals surface area contributed by atoms with E-state index in [0.717, 1.165) is 10.5 Å². The molecule has 0 aliphatic carbocycles. The minimum Gasteiger partial charge on any atom is -0.496 e. The molecule has 0 bridgehead atoms. The lowest BCUT2D eigenvalue weighted by molar-refractivity contribution is 0.0463. The second kappa shape index (κ2) is 9.10. The highest BCUT2D eigenvalue weighted by Crippen LogP contribution is 2.27. The zero-order valence-electron chi connectivity index (χ0n) is 19.6. The van der Waals surface area contributed by atoms with E-state index in [4.69, 9.17) is 9.47 Å². The van der Waals surface area contributed by atoms with Crippen molar-refractivity contribution in [2.24, 2.45) is 0 Å². The van der Waals surface area contributed by atoms with Crippen molar-refractivity contribution < 1.29 is 23.9 Å². The lowest BCUT2D eigenvalue weighted by atomic mass is 10.1. The highest BCUT2D eigenvalue weighted by molar-refractivity contribution is 6.21. The SMILES string of the molecule is COc1ccc(CN2C(=O)c3ccccc3C2=O)cc1C(=O)OCc1cc(=O)n2ccc(C)cc2n1. The largest absolute Gasteiger partial charge is 0.496 e. The van der Waals surface area contributed by atoms with Gasteiger partial charge in [0.15, 0.2) is 0 Å². The molecule has 0 spiro atoms. The van der Waals surface area contributed by atoms with Gasteiger partial charge in [-0.05, 0) is 54.4 Å². The van der Waals surface area contributed by atoms with Gasteiger partial charge < -0.3 is 9.47 Å². The predicted molar refractivity (Wildman–Crippen MR) is 129 cm³/mol. The van der Waals surface area contributed by atoms with E-state index in [1.54, 1.807) is 54.7 Å². The number of ether oxygens (including phenoxy) is 2. The topological polar surface area (TPSA) is 107 Å². The molecule has 2 aromatic heterocycles. The van der Waals surface area contributed by atoms with Gasteiger partial charge in [-0.15, -0.1) is 0 Å². The Labute approximate surface area is 205 Å². The lowest BCUT2D eigenvalue weighted by Gasteiger charge is -2.16. The van der Waals surface area contributed by atoms with E-state index in [2.05, 4.69) is 4.98 Å². The van der Waals surface area contributed by atoms with Crippen LogP contribution in [0.2, 0.25) is 0 Å². The number of methoxy groups -OCH3 is 1. The number of benzene rings is 2. The molecular formula is C27H21N3O6. The van der Waals surface area contributed by atoms with Gasteiger partial charge in [-0.25, -0.2) is 9.78 Å². The molecule has 0 saturated heterocycles. The van der Waals surface area contributed by atoms with Crippen LogP contribution in [-0.4, -0.2) is 39.2 Å². The van der Waals surface area contributed by atoms with Crippen molar-refractivity contribution in [2.75, 3.05) is 7.11 Å². The molecule has 0 radical (unpaired) electrons. The Hall–Kier alpha value is -4.79. The number of aromatic nitrogens is 2. The first-order valence-corrected chi connectivity index (χ1v) is 11.1. The normalized spacial score (nSPS) is 12.7. The first kappa shape index (κ1) is 23.0. The van der Waals surface area contributed by atoms with Crippen LogP contribution in [0.3, 0.4) is 0 Å². The highest BCUT2D eigenvalue weighted by Gasteiger charge is 2.35. The molecule has 180 valence electrons. The smallest absolute Gasteiger partial charge is 0.342 e. The van der Waals surface area contributed by atoms with Crippen molar-refractivity contribution in [3.63, 3.8) is 0 Å². The molecule has 9 nitrogen and oxygen atoms in total. The molecular weight excluding hydrogens is 462 g/mol. The van der Waals surface area contributed by atoms with E-state index in [1.165, 1.54) is 23.6 Å². The molecule has 9 heteroatoms. The molecule has 0 saturated carbocycles. The number of imide groups is 1.